The number of hydrogen-bond acceptors (Lipinski definition) is 5. The van der Waals surface area contributed by atoms with Crippen LogP contribution in [-0.4, -0.2) is 38.4 Å². The van der Waals surface area contributed by atoms with Crippen molar-refractivity contribution in [2.75, 3.05) is 12.8 Å². The molecule has 0 spiro atoms. The van der Waals surface area contributed by atoms with Crippen LogP contribution < -0.4 is 0 Å². The third kappa shape index (κ3) is 3.83. The molecule has 0 unspecified atom stereocenters. The molecule has 1 aliphatic carbocycles. The molecule has 0 aliphatic heterocycles. The highest BCUT2D eigenvalue weighted by Crippen LogP contribution is 2.41. The summed E-state index contributed by atoms with van der Waals surface area (Å²) in [4.78, 5) is 15.4. The van der Waals surface area contributed by atoms with Crippen LogP contribution in [0.1, 0.15) is 24.4 Å². The lowest BCUT2D eigenvalue weighted by atomic mass is 10.2. The van der Waals surface area contributed by atoms with Crippen molar-refractivity contribution in [3.05, 3.63) is 53.4 Å². The number of hydrogen-bond donors (Lipinski definition) is 0. The fourth-order valence-electron chi connectivity index (χ4n) is 2.79. The van der Waals surface area contributed by atoms with Gasteiger partial charge in [0.25, 0.3) is 0 Å². The van der Waals surface area contributed by atoms with E-state index in [4.69, 9.17) is 0 Å². The molecule has 1 amide bonds. The molecule has 26 heavy (non-hydrogen) atoms. The van der Waals surface area contributed by atoms with E-state index in [0.29, 0.717) is 18.3 Å². The second-order valence-corrected chi connectivity index (χ2v) is 8.30. The van der Waals surface area contributed by atoms with Gasteiger partial charge in [-0.05, 0) is 29.9 Å². The number of rotatable bonds is 7. The van der Waals surface area contributed by atoms with Crippen LogP contribution >= 0.6 is 23.1 Å². The molecule has 4 rings (SSSR count). The summed E-state index contributed by atoms with van der Waals surface area (Å²) in [6.07, 6.45) is 2.32. The molecule has 1 aliphatic rings. The Morgan fingerprint density at radius 1 is 1.23 bits per heavy atom. The van der Waals surface area contributed by atoms with Crippen LogP contribution in [0.15, 0.2) is 53.0 Å². The summed E-state index contributed by atoms with van der Waals surface area (Å²) in [7, 11) is 1.85. The maximum absolute atomic E-state index is 12.5. The molecule has 134 valence electrons. The minimum absolute atomic E-state index is 0.0990. The van der Waals surface area contributed by atoms with Crippen molar-refractivity contribution in [3.8, 4) is 10.7 Å². The molecular weight excluding hydrogens is 364 g/mol. The number of thioether (sulfide) groups is 1. The average molecular weight is 385 g/mol. The largest absolute Gasteiger partial charge is 0.341 e. The first kappa shape index (κ1) is 17.3. The summed E-state index contributed by atoms with van der Waals surface area (Å²) in [5, 5.41) is 11.6. The topological polar surface area (TPSA) is 51.0 Å². The van der Waals surface area contributed by atoms with Crippen molar-refractivity contribution in [3.63, 3.8) is 0 Å². The summed E-state index contributed by atoms with van der Waals surface area (Å²) in [5.41, 5.74) is 1.13. The Bertz CT molecular complexity index is 872. The van der Waals surface area contributed by atoms with Crippen LogP contribution in [-0.2, 0) is 11.3 Å². The third-order valence-electron chi connectivity index (χ3n) is 4.33. The van der Waals surface area contributed by atoms with Gasteiger partial charge in [0, 0.05) is 19.6 Å². The van der Waals surface area contributed by atoms with E-state index in [9.17, 15) is 4.79 Å². The van der Waals surface area contributed by atoms with Gasteiger partial charge in [-0.1, -0.05) is 48.2 Å². The maximum atomic E-state index is 12.5. The zero-order chi connectivity index (χ0) is 17.9. The molecule has 3 aromatic rings. The predicted molar refractivity (Wildman–Crippen MR) is 105 cm³/mol. The Morgan fingerprint density at radius 2 is 2.04 bits per heavy atom. The number of aromatic nitrogens is 3. The van der Waals surface area contributed by atoms with Gasteiger partial charge < -0.3 is 4.90 Å². The minimum atomic E-state index is 0.0990. The van der Waals surface area contributed by atoms with Crippen LogP contribution in [0.3, 0.4) is 0 Å². The van der Waals surface area contributed by atoms with Gasteiger partial charge in [-0.25, -0.2) is 0 Å². The summed E-state index contributed by atoms with van der Waals surface area (Å²) < 4.78 is 2.21. The van der Waals surface area contributed by atoms with Crippen molar-refractivity contribution in [2.24, 2.45) is 0 Å². The number of carbonyl (C=O) groups excluding carboxylic acids is 1. The normalized spacial score (nSPS) is 13.7. The highest BCUT2D eigenvalue weighted by molar-refractivity contribution is 7.99. The van der Waals surface area contributed by atoms with Gasteiger partial charge in [-0.3, -0.25) is 9.36 Å². The molecule has 0 atom stereocenters. The molecule has 0 saturated heterocycles. The monoisotopic (exact) mass is 384 g/mol. The number of benzene rings is 1. The second-order valence-electron chi connectivity index (χ2n) is 6.41. The van der Waals surface area contributed by atoms with E-state index in [1.54, 1.807) is 16.2 Å². The van der Waals surface area contributed by atoms with E-state index < -0.39 is 0 Å². The molecule has 0 radical (unpaired) electrons. The van der Waals surface area contributed by atoms with Crippen molar-refractivity contribution < 1.29 is 4.79 Å². The fraction of sp³-hybridized carbons (Fsp3) is 0.316. The number of carbonyl (C=O) groups is 1. The standard InChI is InChI=1S/C19H20N4OS2/c1-22(12-14-6-3-2-4-7-14)17(24)13-26-19-21-20-18(16-8-5-11-25-16)23(19)15-9-10-15/h2-8,11,15H,9-10,12-13H2,1H3. The molecular formula is C19H20N4OS2. The lowest BCUT2D eigenvalue weighted by Gasteiger charge is -2.17. The molecule has 1 saturated carbocycles. The van der Waals surface area contributed by atoms with Gasteiger partial charge in [0.2, 0.25) is 5.91 Å². The fourth-order valence-corrected chi connectivity index (χ4v) is 4.44. The maximum Gasteiger partial charge on any atom is 0.233 e. The van der Waals surface area contributed by atoms with Crippen LogP contribution in [0.25, 0.3) is 10.7 Å². The quantitative estimate of drug-likeness (QED) is 0.576. The van der Waals surface area contributed by atoms with Crippen molar-refractivity contribution in [1.29, 1.82) is 0 Å². The molecule has 2 heterocycles. The van der Waals surface area contributed by atoms with E-state index >= 15 is 0 Å². The van der Waals surface area contributed by atoms with Gasteiger partial charge >= 0.3 is 0 Å². The highest BCUT2D eigenvalue weighted by atomic mass is 32.2. The van der Waals surface area contributed by atoms with E-state index in [0.717, 1.165) is 34.3 Å². The smallest absolute Gasteiger partial charge is 0.233 e. The molecule has 2 aromatic heterocycles. The SMILES string of the molecule is CN(Cc1ccccc1)C(=O)CSc1nnc(-c2cccs2)n1C1CC1. The third-order valence-corrected chi connectivity index (χ3v) is 6.12. The average Bonchev–Trinajstić information content (AvgIpc) is 3.18. The summed E-state index contributed by atoms with van der Waals surface area (Å²) in [5.74, 6) is 1.40. The van der Waals surface area contributed by atoms with Crippen molar-refractivity contribution >= 4 is 29.0 Å². The zero-order valence-corrected chi connectivity index (χ0v) is 16.2. The van der Waals surface area contributed by atoms with Crippen LogP contribution in [0.2, 0.25) is 0 Å². The zero-order valence-electron chi connectivity index (χ0n) is 14.5. The lowest BCUT2D eigenvalue weighted by Crippen LogP contribution is -2.27. The van der Waals surface area contributed by atoms with Crippen LogP contribution in [0.5, 0.6) is 0 Å². The summed E-state index contributed by atoms with van der Waals surface area (Å²) in [6, 6.07) is 14.6. The molecule has 1 aromatic carbocycles. The minimum Gasteiger partial charge on any atom is -0.341 e. The molecule has 0 N–H and O–H groups in total. The van der Waals surface area contributed by atoms with E-state index in [2.05, 4.69) is 26.2 Å². The predicted octanol–water partition coefficient (Wildman–Crippen LogP) is 4.09. The number of nitrogens with zero attached hydrogens (tertiary/aromatic N) is 4. The van der Waals surface area contributed by atoms with Gasteiger partial charge in [0.15, 0.2) is 11.0 Å². The van der Waals surface area contributed by atoms with Gasteiger partial charge in [-0.15, -0.1) is 21.5 Å². The van der Waals surface area contributed by atoms with Gasteiger partial charge in [0.05, 0.1) is 10.6 Å². The first-order valence-electron chi connectivity index (χ1n) is 8.62. The molecule has 7 heteroatoms. The Morgan fingerprint density at radius 3 is 2.73 bits per heavy atom. The molecule has 0 bridgehead atoms. The Hall–Kier alpha value is -2.12. The van der Waals surface area contributed by atoms with Gasteiger partial charge in [0.1, 0.15) is 0 Å². The van der Waals surface area contributed by atoms with Crippen LogP contribution in [0, 0.1) is 0 Å². The van der Waals surface area contributed by atoms with Crippen LogP contribution in [0.4, 0.5) is 0 Å². The summed E-state index contributed by atoms with van der Waals surface area (Å²) >= 11 is 3.15. The number of amides is 1. The molecule has 5 nitrogen and oxygen atoms in total. The molecule has 1 fully saturated rings. The second kappa shape index (κ2) is 7.63. The lowest BCUT2D eigenvalue weighted by molar-refractivity contribution is -0.127. The van der Waals surface area contributed by atoms with Gasteiger partial charge in [-0.2, -0.15) is 0 Å². The first-order chi connectivity index (χ1) is 12.7. The van der Waals surface area contributed by atoms with E-state index in [1.807, 2.05) is 43.4 Å². The first-order valence-corrected chi connectivity index (χ1v) is 10.5. The van der Waals surface area contributed by atoms with Crippen molar-refractivity contribution in [1.82, 2.24) is 19.7 Å². The van der Waals surface area contributed by atoms with E-state index in [1.165, 1.54) is 11.8 Å². The summed E-state index contributed by atoms with van der Waals surface area (Å²) in [6.45, 7) is 0.621. The number of thiophene rings is 1. The van der Waals surface area contributed by atoms with E-state index in [-0.39, 0.29) is 5.91 Å². The Kier molecular flexibility index (Phi) is 5.08. The Labute approximate surface area is 161 Å². The highest BCUT2D eigenvalue weighted by Gasteiger charge is 2.30. The Balaban J connectivity index is 1.42. The van der Waals surface area contributed by atoms with Crippen molar-refractivity contribution in [2.45, 2.75) is 30.6 Å².